The van der Waals surface area contributed by atoms with Gasteiger partial charge < -0.3 is 10.2 Å². The summed E-state index contributed by atoms with van der Waals surface area (Å²) in [4.78, 5) is 14.4. The molecule has 2 unspecified atom stereocenters. The molecular weight excluding hydrogens is 260 g/mol. The number of halogens is 1. The summed E-state index contributed by atoms with van der Waals surface area (Å²) in [5, 5.41) is 3.39. The molecule has 3 nitrogen and oxygen atoms in total. The van der Waals surface area contributed by atoms with E-state index in [1.54, 1.807) is 0 Å². The lowest BCUT2D eigenvalue weighted by atomic mass is 10.0. The van der Waals surface area contributed by atoms with E-state index in [9.17, 15) is 4.79 Å². The van der Waals surface area contributed by atoms with Crippen molar-refractivity contribution in [2.24, 2.45) is 0 Å². The maximum atomic E-state index is 12.5. The number of hydrogen-bond acceptors (Lipinski definition) is 2. The third kappa shape index (κ3) is 3.48. The zero-order valence-corrected chi connectivity index (χ0v) is 12.7. The van der Waals surface area contributed by atoms with Gasteiger partial charge in [-0.3, -0.25) is 4.79 Å². The number of nitrogens with one attached hydrogen (secondary N) is 1. The molecule has 1 aromatic rings. The minimum Gasteiger partial charge on any atom is -0.333 e. The first kappa shape index (κ1) is 16.0. The summed E-state index contributed by atoms with van der Waals surface area (Å²) in [6, 6.07) is 8.59. The van der Waals surface area contributed by atoms with Crippen LogP contribution in [0.2, 0.25) is 0 Å². The Balaban J connectivity index is 0.00000180. The molecule has 1 fully saturated rings. The van der Waals surface area contributed by atoms with E-state index in [2.05, 4.69) is 26.1 Å². The van der Waals surface area contributed by atoms with Gasteiger partial charge in [-0.25, -0.2) is 0 Å². The van der Waals surface area contributed by atoms with Crippen LogP contribution in [0, 0.1) is 0 Å². The van der Waals surface area contributed by atoms with Crippen LogP contribution in [-0.2, 0) is 6.42 Å². The molecular formula is C15H23ClN2O. The van der Waals surface area contributed by atoms with E-state index in [1.165, 1.54) is 5.56 Å². The first-order chi connectivity index (χ1) is 8.63. The molecule has 0 saturated carbocycles. The monoisotopic (exact) mass is 282 g/mol. The predicted octanol–water partition coefficient (Wildman–Crippen LogP) is 2.49. The average Bonchev–Trinajstić information content (AvgIpc) is 2.41. The molecule has 0 radical (unpaired) electrons. The van der Waals surface area contributed by atoms with Crippen molar-refractivity contribution in [3.8, 4) is 0 Å². The maximum Gasteiger partial charge on any atom is 0.254 e. The second kappa shape index (κ2) is 6.92. The Morgan fingerprint density at radius 2 is 1.95 bits per heavy atom. The molecule has 1 N–H and O–H groups in total. The molecule has 1 amide bonds. The topological polar surface area (TPSA) is 32.3 Å². The van der Waals surface area contributed by atoms with Gasteiger partial charge in [-0.2, -0.15) is 0 Å². The molecule has 19 heavy (non-hydrogen) atoms. The van der Waals surface area contributed by atoms with Gasteiger partial charge in [0.1, 0.15) is 0 Å². The Hall–Kier alpha value is -1.06. The van der Waals surface area contributed by atoms with Gasteiger partial charge >= 0.3 is 0 Å². The van der Waals surface area contributed by atoms with Crippen LogP contribution in [-0.4, -0.2) is 36.0 Å². The molecule has 1 aromatic carbocycles. The summed E-state index contributed by atoms with van der Waals surface area (Å²) in [5.74, 6) is 0.151. The van der Waals surface area contributed by atoms with Crippen LogP contribution in [0.1, 0.15) is 36.7 Å². The average molecular weight is 283 g/mol. The Labute approximate surface area is 121 Å². The van der Waals surface area contributed by atoms with E-state index in [0.29, 0.717) is 6.04 Å². The fourth-order valence-electron chi connectivity index (χ4n) is 2.39. The standard InChI is InChI=1S/C15H22N2O.ClH/c1-4-13-5-7-14(8-6-13)15(18)17-10-9-16-11(2)12(17)3;/h5-8,11-12,16H,4,9-10H2,1-3H3;1H. The van der Waals surface area contributed by atoms with Gasteiger partial charge in [0, 0.05) is 30.7 Å². The molecule has 2 rings (SSSR count). The van der Waals surface area contributed by atoms with E-state index in [0.717, 1.165) is 25.1 Å². The van der Waals surface area contributed by atoms with E-state index in [-0.39, 0.29) is 24.4 Å². The van der Waals surface area contributed by atoms with Crippen LogP contribution in [0.4, 0.5) is 0 Å². The van der Waals surface area contributed by atoms with Crippen LogP contribution in [0.3, 0.4) is 0 Å². The molecule has 0 aliphatic carbocycles. The fourth-order valence-corrected chi connectivity index (χ4v) is 2.39. The summed E-state index contributed by atoms with van der Waals surface area (Å²) < 4.78 is 0. The van der Waals surface area contributed by atoms with Crippen LogP contribution in [0.5, 0.6) is 0 Å². The normalized spacial score (nSPS) is 22.8. The molecule has 1 heterocycles. The minimum atomic E-state index is 0. The summed E-state index contributed by atoms with van der Waals surface area (Å²) in [6.07, 6.45) is 1.01. The molecule has 1 aliphatic rings. The maximum absolute atomic E-state index is 12.5. The third-order valence-corrected chi connectivity index (χ3v) is 3.90. The lowest BCUT2D eigenvalue weighted by Crippen LogP contribution is -2.57. The smallest absolute Gasteiger partial charge is 0.254 e. The van der Waals surface area contributed by atoms with Gasteiger partial charge in [0.25, 0.3) is 5.91 Å². The number of carbonyl (C=O) groups is 1. The van der Waals surface area contributed by atoms with Crippen molar-refractivity contribution in [3.63, 3.8) is 0 Å². The number of amides is 1. The van der Waals surface area contributed by atoms with Crippen molar-refractivity contribution < 1.29 is 4.79 Å². The van der Waals surface area contributed by atoms with Gasteiger partial charge in [0.15, 0.2) is 0 Å². The molecule has 1 aliphatic heterocycles. The summed E-state index contributed by atoms with van der Waals surface area (Å²) in [5.41, 5.74) is 2.07. The number of rotatable bonds is 2. The second-order valence-corrected chi connectivity index (χ2v) is 5.03. The highest BCUT2D eigenvalue weighted by atomic mass is 35.5. The highest BCUT2D eigenvalue weighted by Crippen LogP contribution is 2.14. The molecule has 4 heteroatoms. The Kier molecular flexibility index (Phi) is 5.83. The Bertz CT molecular complexity index is 419. The minimum absolute atomic E-state index is 0. The number of benzene rings is 1. The van der Waals surface area contributed by atoms with Gasteiger partial charge in [-0.15, -0.1) is 12.4 Å². The first-order valence-corrected chi connectivity index (χ1v) is 6.76. The predicted molar refractivity (Wildman–Crippen MR) is 81.0 cm³/mol. The summed E-state index contributed by atoms with van der Waals surface area (Å²) in [6.45, 7) is 8.03. The van der Waals surface area contributed by atoms with Crippen molar-refractivity contribution in [2.75, 3.05) is 13.1 Å². The zero-order chi connectivity index (χ0) is 13.1. The van der Waals surface area contributed by atoms with Crippen molar-refractivity contribution in [2.45, 2.75) is 39.3 Å². The molecule has 2 atom stereocenters. The van der Waals surface area contributed by atoms with Crippen LogP contribution >= 0.6 is 12.4 Å². The number of piperazine rings is 1. The van der Waals surface area contributed by atoms with E-state index < -0.39 is 0 Å². The van der Waals surface area contributed by atoms with Crippen molar-refractivity contribution in [1.29, 1.82) is 0 Å². The van der Waals surface area contributed by atoms with E-state index in [4.69, 9.17) is 0 Å². The molecule has 0 bridgehead atoms. The Morgan fingerprint density at radius 1 is 1.32 bits per heavy atom. The number of carbonyl (C=O) groups excluding carboxylic acids is 1. The second-order valence-electron chi connectivity index (χ2n) is 5.03. The number of nitrogens with zero attached hydrogens (tertiary/aromatic N) is 1. The summed E-state index contributed by atoms with van der Waals surface area (Å²) >= 11 is 0. The largest absolute Gasteiger partial charge is 0.333 e. The number of hydrogen-bond donors (Lipinski definition) is 1. The SMILES string of the molecule is CCc1ccc(C(=O)N2CCNC(C)C2C)cc1.Cl. The highest BCUT2D eigenvalue weighted by Gasteiger charge is 2.28. The molecule has 106 valence electrons. The number of aryl methyl sites for hydroxylation is 1. The lowest BCUT2D eigenvalue weighted by molar-refractivity contribution is 0.0603. The lowest BCUT2D eigenvalue weighted by Gasteiger charge is -2.38. The van der Waals surface area contributed by atoms with Crippen molar-refractivity contribution in [1.82, 2.24) is 10.2 Å². The quantitative estimate of drug-likeness (QED) is 0.904. The van der Waals surface area contributed by atoms with Gasteiger partial charge in [-0.05, 0) is 38.0 Å². The summed E-state index contributed by atoms with van der Waals surface area (Å²) in [7, 11) is 0. The molecule has 1 saturated heterocycles. The first-order valence-electron chi connectivity index (χ1n) is 6.76. The van der Waals surface area contributed by atoms with E-state index in [1.807, 2.05) is 29.2 Å². The Morgan fingerprint density at radius 3 is 2.53 bits per heavy atom. The van der Waals surface area contributed by atoms with Crippen molar-refractivity contribution >= 4 is 18.3 Å². The third-order valence-electron chi connectivity index (χ3n) is 3.90. The van der Waals surface area contributed by atoms with Crippen LogP contribution in [0.15, 0.2) is 24.3 Å². The van der Waals surface area contributed by atoms with Crippen molar-refractivity contribution in [3.05, 3.63) is 35.4 Å². The zero-order valence-electron chi connectivity index (χ0n) is 11.8. The fraction of sp³-hybridized carbons (Fsp3) is 0.533. The van der Waals surface area contributed by atoms with Gasteiger partial charge in [0.05, 0.1) is 0 Å². The van der Waals surface area contributed by atoms with Crippen LogP contribution < -0.4 is 5.32 Å². The van der Waals surface area contributed by atoms with E-state index >= 15 is 0 Å². The van der Waals surface area contributed by atoms with Gasteiger partial charge in [-0.1, -0.05) is 19.1 Å². The van der Waals surface area contributed by atoms with Crippen LogP contribution in [0.25, 0.3) is 0 Å². The van der Waals surface area contributed by atoms with Gasteiger partial charge in [0.2, 0.25) is 0 Å². The molecule has 0 spiro atoms. The molecule has 0 aromatic heterocycles. The highest BCUT2D eigenvalue weighted by molar-refractivity contribution is 5.94.